The number of rotatable bonds is 5. The Labute approximate surface area is 106 Å². The molecule has 2 rings (SSSR count). The second kappa shape index (κ2) is 5.49. The van der Waals surface area contributed by atoms with Gasteiger partial charge < -0.3 is 15.2 Å². The number of carbonyl (C=O) groups is 1. The Morgan fingerprint density at radius 2 is 2.56 bits per heavy atom. The Kier molecular flexibility index (Phi) is 3.98. The maximum absolute atomic E-state index is 11.0. The third-order valence-corrected chi connectivity index (χ3v) is 3.41. The van der Waals surface area contributed by atoms with Crippen LogP contribution in [0.25, 0.3) is 0 Å². The van der Waals surface area contributed by atoms with Crippen molar-refractivity contribution in [2.45, 2.75) is 38.5 Å². The Balaban J connectivity index is 1.97. The number of carboxylic acids is 1. The Bertz CT molecular complexity index is 424. The summed E-state index contributed by atoms with van der Waals surface area (Å²) < 4.78 is 7.19. The molecule has 1 aromatic rings. The lowest BCUT2D eigenvalue weighted by molar-refractivity contribution is 0.0694. The van der Waals surface area contributed by atoms with Crippen LogP contribution < -0.4 is 5.32 Å². The lowest BCUT2D eigenvalue weighted by Crippen LogP contribution is -2.37. The first kappa shape index (κ1) is 13.0. The minimum absolute atomic E-state index is 0.212. The number of nitrogens with zero attached hydrogens (tertiary/aromatic N) is 2. The number of hydrogen-bond donors (Lipinski definition) is 2. The van der Waals surface area contributed by atoms with Crippen LogP contribution in [0.5, 0.6) is 0 Å². The molecular weight excluding hydrogens is 234 g/mol. The monoisotopic (exact) mass is 253 g/mol. The van der Waals surface area contributed by atoms with E-state index in [9.17, 15) is 4.79 Å². The van der Waals surface area contributed by atoms with Crippen LogP contribution >= 0.6 is 0 Å². The summed E-state index contributed by atoms with van der Waals surface area (Å²) in [4.78, 5) is 11.0. The van der Waals surface area contributed by atoms with Crippen LogP contribution in [-0.4, -0.2) is 39.6 Å². The van der Waals surface area contributed by atoms with Crippen LogP contribution in [0.3, 0.4) is 0 Å². The summed E-state index contributed by atoms with van der Waals surface area (Å²) >= 11 is 0. The van der Waals surface area contributed by atoms with E-state index in [1.54, 1.807) is 11.7 Å². The number of aromatic nitrogens is 2. The summed E-state index contributed by atoms with van der Waals surface area (Å²) in [7, 11) is 1.75. The first-order valence-electron chi connectivity index (χ1n) is 6.18. The van der Waals surface area contributed by atoms with Gasteiger partial charge >= 0.3 is 5.97 Å². The third kappa shape index (κ3) is 2.70. The fourth-order valence-corrected chi connectivity index (χ4v) is 2.24. The highest BCUT2D eigenvalue weighted by Crippen LogP contribution is 2.16. The normalized spacial score (nSPS) is 21.1. The van der Waals surface area contributed by atoms with Crippen LogP contribution in [0.15, 0.2) is 6.20 Å². The Morgan fingerprint density at radius 1 is 1.78 bits per heavy atom. The van der Waals surface area contributed by atoms with E-state index in [0.29, 0.717) is 12.2 Å². The van der Waals surface area contributed by atoms with Gasteiger partial charge in [-0.2, -0.15) is 5.10 Å². The Hall–Kier alpha value is -1.40. The summed E-state index contributed by atoms with van der Waals surface area (Å²) in [6, 6.07) is 0.212. The predicted molar refractivity (Wildman–Crippen MR) is 65.4 cm³/mol. The minimum Gasteiger partial charge on any atom is -0.478 e. The zero-order valence-corrected chi connectivity index (χ0v) is 10.7. The van der Waals surface area contributed by atoms with E-state index < -0.39 is 5.97 Å². The Morgan fingerprint density at radius 3 is 3.17 bits per heavy atom. The molecule has 6 heteroatoms. The minimum atomic E-state index is -0.940. The zero-order valence-electron chi connectivity index (χ0n) is 10.7. The number of aryl methyl sites for hydroxylation is 1. The molecule has 0 bridgehead atoms. The molecule has 1 aromatic heterocycles. The van der Waals surface area contributed by atoms with Gasteiger partial charge in [0.15, 0.2) is 0 Å². The highest BCUT2D eigenvalue weighted by atomic mass is 16.5. The highest BCUT2D eigenvalue weighted by Gasteiger charge is 2.23. The van der Waals surface area contributed by atoms with Gasteiger partial charge in [0.1, 0.15) is 5.56 Å². The number of ether oxygens (including phenoxy) is 1. The molecule has 100 valence electrons. The summed E-state index contributed by atoms with van der Waals surface area (Å²) in [6.07, 6.45) is 3.77. The number of hydrogen-bond acceptors (Lipinski definition) is 4. The maximum atomic E-state index is 11.0. The number of aromatic carboxylic acids is 1. The van der Waals surface area contributed by atoms with E-state index in [0.717, 1.165) is 19.4 Å². The molecule has 0 aromatic carbocycles. The van der Waals surface area contributed by atoms with Crippen molar-refractivity contribution >= 4 is 5.97 Å². The second-order valence-electron chi connectivity index (χ2n) is 4.65. The second-order valence-corrected chi connectivity index (χ2v) is 4.65. The molecule has 2 N–H and O–H groups in total. The van der Waals surface area contributed by atoms with Crippen molar-refractivity contribution in [2.24, 2.45) is 7.05 Å². The van der Waals surface area contributed by atoms with Crippen LogP contribution in [0, 0.1) is 0 Å². The average Bonchev–Trinajstić information content (AvgIpc) is 2.95. The first-order valence-corrected chi connectivity index (χ1v) is 6.18. The summed E-state index contributed by atoms with van der Waals surface area (Å²) in [5.74, 6) is -0.940. The molecule has 1 fully saturated rings. The molecule has 2 heterocycles. The van der Waals surface area contributed by atoms with E-state index in [1.165, 1.54) is 6.20 Å². The van der Waals surface area contributed by atoms with Gasteiger partial charge in [-0.1, -0.05) is 0 Å². The third-order valence-electron chi connectivity index (χ3n) is 3.41. The molecular formula is C12H19N3O3. The molecule has 1 saturated heterocycles. The fourth-order valence-electron chi connectivity index (χ4n) is 2.24. The molecule has 0 aliphatic carbocycles. The van der Waals surface area contributed by atoms with Gasteiger partial charge in [-0.15, -0.1) is 0 Å². The average molecular weight is 253 g/mol. The molecule has 6 nitrogen and oxygen atoms in total. The largest absolute Gasteiger partial charge is 0.478 e. The van der Waals surface area contributed by atoms with Gasteiger partial charge in [-0.25, -0.2) is 4.79 Å². The predicted octanol–water partition coefficient (Wildman–Crippen LogP) is 0.775. The van der Waals surface area contributed by atoms with Gasteiger partial charge in [0, 0.05) is 26.2 Å². The lowest BCUT2D eigenvalue weighted by atomic mass is 10.1. The van der Waals surface area contributed by atoms with Crippen molar-refractivity contribution in [3.8, 4) is 0 Å². The van der Waals surface area contributed by atoms with Crippen molar-refractivity contribution in [3.05, 3.63) is 17.5 Å². The van der Waals surface area contributed by atoms with Crippen molar-refractivity contribution in [1.82, 2.24) is 15.1 Å². The molecule has 0 amide bonds. The van der Waals surface area contributed by atoms with Gasteiger partial charge in [-0.05, 0) is 19.8 Å². The van der Waals surface area contributed by atoms with Crippen LogP contribution in [0.1, 0.15) is 35.8 Å². The molecule has 2 atom stereocenters. The zero-order chi connectivity index (χ0) is 13.1. The molecule has 0 saturated carbocycles. The summed E-state index contributed by atoms with van der Waals surface area (Å²) in [6.45, 7) is 3.37. The summed E-state index contributed by atoms with van der Waals surface area (Å²) in [5.41, 5.74) is 0.942. The van der Waals surface area contributed by atoms with E-state index in [2.05, 4.69) is 17.3 Å². The molecule has 1 aliphatic heterocycles. The van der Waals surface area contributed by atoms with Crippen molar-refractivity contribution in [2.75, 3.05) is 6.61 Å². The van der Waals surface area contributed by atoms with Gasteiger partial charge in [0.2, 0.25) is 0 Å². The van der Waals surface area contributed by atoms with E-state index >= 15 is 0 Å². The first-order chi connectivity index (χ1) is 8.59. The highest BCUT2D eigenvalue weighted by molar-refractivity contribution is 5.88. The standard InChI is InChI=1S/C12H19N3O3/c1-8(11-4-3-5-18-11)13-7-10-9(12(16)17)6-14-15(10)2/h6,8,11,13H,3-5,7H2,1-2H3,(H,16,17). The van der Waals surface area contributed by atoms with E-state index in [-0.39, 0.29) is 17.7 Å². The molecule has 2 unspecified atom stereocenters. The van der Waals surface area contributed by atoms with Crippen molar-refractivity contribution in [3.63, 3.8) is 0 Å². The van der Waals surface area contributed by atoms with Crippen LogP contribution in [0.2, 0.25) is 0 Å². The molecule has 18 heavy (non-hydrogen) atoms. The van der Waals surface area contributed by atoms with Crippen LogP contribution in [-0.2, 0) is 18.3 Å². The van der Waals surface area contributed by atoms with Crippen LogP contribution in [0.4, 0.5) is 0 Å². The van der Waals surface area contributed by atoms with Gasteiger partial charge in [0.25, 0.3) is 0 Å². The molecule has 0 radical (unpaired) electrons. The van der Waals surface area contributed by atoms with Crippen molar-refractivity contribution < 1.29 is 14.6 Å². The lowest BCUT2D eigenvalue weighted by Gasteiger charge is -2.20. The maximum Gasteiger partial charge on any atom is 0.339 e. The smallest absolute Gasteiger partial charge is 0.339 e. The van der Waals surface area contributed by atoms with Gasteiger partial charge in [0.05, 0.1) is 18.0 Å². The topological polar surface area (TPSA) is 76.4 Å². The van der Waals surface area contributed by atoms with Crippen molar-refractivity contribution in [1.29, 1.82) is 0 Å². The van der Waals surface area contributed by atoms with E-state index in [4.69, 9.17) is 9.84 Å². The molecule has 0 spiro atoms. The number of nitrogens with one attached hydrogen (secondary N) is 1. The van der Waals surface area contributed by atoms with E-state index in [1.807, 2.05) is 0 Å². The molecule has 1 aliphatic rings. The van der Waals surface area contributed by atoms with Gasteiger partial charge in [-0.3, -0.25) is 4.68 Å². The summed E-state index contributed by atoms with van der Waals surface area (Å²) in [5, 5.41) is 16.3. The number of carboxylic acid groups (broad SMARTS) is 1. The fraction of sp³-hybridized carbons (Fsp3) is 0.667. The quantitative estimate of drug-likeness (QED) is 0.810. The SMILES string of the molecule is CC(NCc1c(C(=O)O)cnn1C)C1CCCO1.